The van der Waals surface area contributed by atoms with E-state index in [1.165, 1.54) is 49.9 Å². The Morgan fingerprint density at radius 3 is 2.52 bits per heavy atom. The molecule has 2 aromatic rings. The van der Waals surface area contributed by atoms with Crippen LogP contribution in [0.5, 0.6) is 0 Å². The lowest BCUT2D eigenvalue weighted by molar-refractivity contribution is -1.02. The van der Waals surface area contributed by atoms with E-state index in [-0.39, 0.29) is 6.04 Å². The maximum absolute atomic E-state index is 4.55. The molecule has 0 spiro atoms. The number of quaternary nitrogens is 2. The first kappa shape index (κ1) is 18.3. The predicted molar refractivity (Wildman–Crippen MR) is 105 cm³/mol. The van der Waals surface area contributed by atoms with Crippen LogP contribution in [0.25, 0.3) is 0 Å². The Bertz CT molecular complexity index is 738. The summed E-state index contributed by atoms with van der Waals surface area (Å²) in [4.78, 5) is 3.22. The average molecular weight is 369 g/mol. The lowest BCUT2D eigenvalue weighted by Crippen LogP contribution is -3.28. The van der Waals surface area contributed by atoms with E-state index in [0.717, 1.165) is 25.5 Å². The highest BCUT2D eigenvalue weighted by Gasteiger charge is 2.36. The summed E-state index contributed by atoms with van der Waals surface area (Å²) in [6, 6.07) is 9.64. The van der Waals surface area contributed by atoms with E-state index < -0.39 is 0 Å². The van der Waals surface area contributed by atoms with Gasteiger partial charge in [-0.1, -0.05) is 49.2 Å². The first-order chi connectivity index (χ1) is 13.3. The van der Waals surface area contributed by atoms with Crippen LogP contribution in [0.4, 0.5) is 0 Å². The first-order valence-corrected chi connectivity index (χ1v) is 10.4. The predicted octanol–water partition coefficient (Wildman–Crippen LogP) is 0.155. The molecule has 1 aromatic heterocycles. The molecule has 0 unspecified atom stereocenters. The Balaban J connectivity index is 1.64. The van der Waals surface area contributed by atoms with Gasteiger partial charge in [0.2, 0.25) is 5.82 Å². The zero-order valence-electron chi connectivity index (χ0n) is 16.4. The van der Waals surface area contributed by atoms with Crippen molar-refractivity contribution in [2.45, 2.75) is 44.7 Å². The topological polar surface area (TPSA) is 52.5 Å². The number of benzene rings is 1. The van der Waals surface area contributed by atoms with Crippen LogP contribution in [0.2, 0.25) is 0 Å². The number of piperazine rings is 1. The minimum atomic E-state index is 0.214. The van der Waals surface area contributed by atoms with Crippen molar-refractivity contribution in [3.05, 3.63) is 53.9 Å². The largest absolute Gasteiger partial charge is 0.322 e. The molecule has 27 heavy (non-hydrogen) atoms. The number of hydrogen-bond acceptors (Lipinski definition) is 3. The standard InChI is InChI=1S/C21H30N6/c1-3-12-25-13-15-26(16-14-25)20(18-10-8-17(2)9-11-18)21-22-23-24-27(21)19-6-4-5-7-19/h3,8-11,19-20H,1,4-7,12-16H2,2H3/p+2/t20-/m0/s1. The molecule has 0 amide bonds. The van der Waals surface area contributed by atoms with Crippen LogP contribution in [0.1, 0.15) is 54.7 Å². The maximum Gasteiger partial charge on any atom is 0.214 e. The second kappa shape index (κ2) is 8.31. The number of aryl methyl sites for hydroxylation is 1. The third kappa shape index (κ3) is 3.96. The summed E-state index contributed by atoms with van der Waals surface area (Å²) in [6.45, 7) is 11.7. The molecular weight excluding hydrogens is 336 g/mol. The Morgan fingerprint density at radius 1 is 1.15 bits per heavy atom. The van der Waals surface area contributed by atoms with E-state index in [1.54, 1.807) is 9.80 Å². The fourth-order valence-electron chi connectivity index (χ4n) is 4.75. The molecular formula is C21H32N6+2. The van der Waals surface area contributed by atoms with Crippen molar-refractivity contribution in [2.24, 2.45) is 0 Å². The van der Waals surface area contributed by atoms with Gasteiger partial charge in [-0.15, -0.1) is 5.10 Å². The van der Waals surface area contributed by atoms with Gasteiger partial charge < -0.3 is 9.80 Å². The number of nitrogens with zero attached hydrogens (tertiary/aromatic N) is 4. The van der Waals surface area contributed by atoms with Crippen molar-refractivity contribution in [3.63, 3.8) is 0 Å². The molecule has 6 nitrogen and oxygen atoms in total. The van der Waals surface area contributed by atoms with Gasteiger partial charge in [0.05, 0.1) is 12.6 Å². The normalized spacial score (nSPS) is 24.8. The van der Waals surface area contributed by atoms with E-state index in [4.69, 9.17) is 0 Å². The number of nitrogens with one attached hydrogen (secondary N) is 2. The van der Waals surface area contributed by atoms with Crippen molar-refractivity contribution >= 4 is 0 Å². The van der Waals surface area contributed by atoms with Crippen LogP contribution in [0.3, 0.4) is 0 Å². The fraction of sp³-hybridized carbons (Fsp3) is 0.571. The number of rotatable bonds is 6. The van der Waals surface area contributed by atoms with E-state index in [9.17, 15) is 0 Å². The third-order valence-corrected chi connectivity index (χ3v) is 6.30. The molecule has 1 aliphatic carbocycles. The Hall–Kier alpha value is -2.05. The summed E-state index contributed by atoms with van der Waals surface area (Å²) in [6.07, 6.45) is 7.01. The molecule has 2 aliphatic rings. The van der Waals surface area contributed by atoms with Gasteiger partial charge in [-0.05, 0) is 36.3 Å². The summed E-state index contributed by atoms with van der Waals surface area (Å²) < 4.78 is 2.15. The molecule has 4 rings (SSSR count). The molecule has 1 aliphatic heterocycles. The molecule has 2 heterocycles. The van der Waals surface area contributed by atoms with Gasteiger partial charge in [-0.25, -0.2) is 4.68 Å². The Labute approximate surface area is 161 Å². The molecule has 1 saturated heterocycles. The van der Waals surface area contributed by atoms with E-state index in [2.05, 4.69) is 58.0 Å². The van der Waals surface area contributed by atoms with Crippen molar-refractivity contribution < 1.29 is 9.80 Å². The van der Waals surface area contributed by atoms with Gasteiger partial charge in [0, 0.05) is 5.56 Å². The minimum Gasteiger partial charge on any atom is -0.322 e. The zero-order chi connectivity index (χ0) is 18.6. The Kier molecular flexibility index (Phi) is 5.64. The third-order valence-electron chi connectivity index (χ3n) is 6.30. The summed E-state index contributed by atoms with van der Waals surface area (Å²) in [7, 11) is 0. The van der Waals surface area contributed by atoms with Gasteiger partial charge >= 0.3 is 0 Å². The van der Waals surface area contributed by atoms with E-state index in [0.29, 0.717) is 6.04 Å². The maximum atomic E-state index is 4.55. The molecule has 0 bridgehead atoms. The fourth-order valence-corrected chi connectivity index (χ4v) is 4.75. The Morgan fingerprint density at radius 2 is 1.85 bits per heavy atom. The minimum absolute atomic E-state index is 0.214. The summed E-state index contributed by atoms with van der Waals surface area (Å²) in [5.74, 6) is 1.05. The van der Waals surface area contributed by atoms with E-state index >= 15 is 0 Å². The monoisotopic (exact) mass is 368 g/mol. The highest BCUT2D eigenvalue weighted by atomic mass is 15.6. The first-order valence-electron chi connectivity index (χ1n) is 10.4. The molecule has 144 valence electrons. The molecule has 6 heteroatoms. The van der Waals surface area contributed by atoms with Crippen molar-refractivity contribution in [2.75, 3.05) is 32.7 Å². The molecule has 1 aromatic carbocycles. The second-order valence-electron chi connectivity index (χ2n) is 8.16. The molecule has 2 fully saturated rings. The molecule has 2 N–H and O–H groups in total. The summed E-state index contributed by atoms with van der Waals surface area (Å²) in [5.41, 5.74) is 2.62. The van der Waals surface area contributed by atoms with Crippen LogP contribution >= 0.6 is 0 Å². The van der Waals surface area contributed by atoms with Crippen LogP contribution in [0.15, 0.2) is 36.9 Å². The molecule has 1 saturated carbocycles. The number of tetrazole rings is 1. The lowest BCUT2D eigenvalue weighted by Gasteiger charge is -2.34. The number of aromatic nitrogens is 4. The molecule has 0 radical (unpaired) electrons. The second-order valence-corrected chi connectivity index (χ2v) is 8.16. The van der Waals surface area contributed by atoms with Crippen molar-refractivity contribution in [3.8, 4) is 0 Å². The average Bonchev–Trinajstić information content (AvgIpc) is 3.37. The van der Waals surface area contributed by atoms with Crippen LogP contribution in [-0.2, 0) is 0 Å². The van der Waals surface area contributed by atoms with Crippen molar-refractivity contribution in [1.82, 2.24) is 20.2 Å². The SMILES string of the molecule is C=CC[NH+]1CC[NH+]([C@@H](c2ccc(C)cc2)c2nnnn2C2CCCC2)CC1. The summed E-state index contributed by atoms with van der Waals surface area (Å²) >= 11 is 0. The quantitative estimate of drug-likeness (QED) is 0.714. The molecule has 1 atom stereocenters. The van der Waals surface area contributed by atoms with Gasteiger partial charge in [0.15, 0.2) is 6.04 Å². The highest BCUT2D eigenvalue weighted by molar-refractivity contribution is 5.26. The van der Waals surface area contributed by atoms with Crippen LogP contribution < -0.4 is 9.80 Å². The van der Waals surface area contributed by atoms with Crippen LogP contribution in [0, 0.1) is 6.92 Å². The van der Waals surface area contributed by atoms with Crippen LogP contribution in [-0.4, -0.2) is 52.9 Å². The van der Waals surface area contributed by atoms with Gasteiger partial charge in [-0.2, -0.15) is 0 Å². The lowest BCUT2D eigenvalue weighted by atomic mass is 10.0. The van der Waals surface area contributed by atoms with Gasteiger partial charge in [0.1, 0.15) is 26.2 Å². The smallest absolute Gasteiger partial charge is 0.214 e. The van der Waals surface area contributed by atoms with Crippen molar-refractivity contribution in [1.29, 1.82) is 0 Å². The van der Waals surface area contributed by atoms with Gasteiger partial charge in [-0.3, -0.25) is 0 Å². The number of hydrogen-bond donors (Lipinski definition) is 2. The zero-order valence-corrected chi connectivity index (χ0v) is 16.4. The van der Waals surface area contributed by atoms with Gasteiger partial charge in [0.25, 0.3) is 0 Å². The summed E-state index contributed by atoms with van der Waals surface area (Å²) in [5, 5.41) is 13.1. The highest BCUT2D eigenvalue weighted by Crippen LogP contribution is 2.31. The van der Waals surface area contributed by atoms with E-state index in [1.807, 2.05) is 6.08 Å².